The van der Waals surface area contributed by atoms with Gasteiger partial charge in [-0.1, -0.05) is 19.8 Å². The molecule has 0 amide bonds. The Morgan fingerprint density at radius 1 is 1.44 bits per heavy atom. The monoisotopic (exact) mass is 229 g/mol. The average molecular weight is 229 g/mol. The summed E-state index contributed by atoms with van der Waals surface area (Å²) < 4.78 is 4.72. The van der Waals surface area contributed by atoms with Gasteiger partial charge in [-0.15, -0.1) is 0 Å². The lowest BCUT2D eigenvalue weighted by Crippen LogP contribution is -2.53. The van der Waals surface area contributed by atoms with Crippen molar-refractivity contribution in [1.29, 1.82) is 0 Å². The summed E-state index contributed by atoms with van der Waals surface area (Å²) in [7, 11) is 1.41. The zero-order valence-corrected chi connectivity index (χ0v) is 10.5. The molecule has 2 atom stereocenters. The SMILES string of the molecule is COC(=O)C(C)C(C)NC1(CO)CCCC1. The molecule has 4 nitrogen and oxygen atoms in total. The number of esters is 1. The van der Waals surface area contributed by atoms with Gasteiger partial charge in [0.25, 0.3) is 0 Å². The lowest BCUT2D eigenvalue weighted by molar-refractivity contribution is -0.145. The van der Waals surface area contributed by atoms with Gasteiger partial charge >= 0.3 is 5.97 Å². The van der Waals surface area contributed by atoms with E-state index in [2.05, 4.69) is 5.32 Å². The molecule has 0 spiro atoms. The fourth-order valence-corrected chi connectivity index (χ4v) is 2.40. The van der Waals surface area contributed by atoms with Crippen molar-refractivity contribution < 1.29 is 14.6 Å². The summed E-state index contributed by atoms with van der Waals surface area (Å²) in [6, 6.07) is 0.0256. The molecule has 0 aromatic heterocycles. The van der Waals surface area contributed by atoms with Crippen molar-refractivity contribution in [2.24, 2.45) is 5.92 Å². The Balaban J connectivity index is 2.54. The molecule has 0 aliphatic heterocycles. The molecular weight excluding hydrogens is 206 g/mol. The summed E-state index contributed by atoms with van der Waals surface area (Å²) in [5.41, 5.74) is -0.179. The number of aliphatic hydroxyl groups is 1. The molecule has 0 radical (unpaired) electrons. The minimum atomic E-state index is -0.203. The number of methoxy groups -OCH3 is 1. The Hall–Kier alpha value is -0.610. The minimum absolute atomic E-state index is 0.0256. The smallest absolute Gasteiger partial charge is 0.309 e. The highest BCUT2D eigenvalue weighted by atomic mass is 16.5. The van der Waals surface area contributed by atoms with E-state index in [4.69, 9.17) is 4.74 Å². The molecule has 0 aromatic carbocycles. The molecule has 16 heavy (non-hydrogen) atoms. The largest absolute Gasteiger partial charge is 0.469 e. The van der Waals surface area contributed by atoms with Crippen LogP contribution in [0.4, 0.5) is 0 Å². The fourth-order valence-electron chi connectivity index (χ4n) is 2.40. The lowest BCUT2D eigenvalue weighted by Gasteiger charge is -2.33. The van der Waals surface area contributed by atoms with Crippen LogP contribution in [0.2, 0.25) is 0 Å². The Kier molecular flexibility index (Phi) is 4.74. The van der Waals surface area contributed by atoms with E-state index >= 15 is 0 Å². The normalized spacial score (nSPS) is 22.8. The van der Waals surface area contributed by atoms with Gasteiger partial charge in [0.1, 0.15) is 0 Å². The van der Waals surface area contributed by atoms with Gasteiger partial charge in [-0.2, -0.15) is 0 Å². The Morgan fingerprint density at radius 3 is 2.44 bits per heavy atom. The molecule has 94 valence electrons. The van der Waals surface area contributed by atoms with Gasteiger partial charge in [0.05, 0.1) is 19.6 Å². The van der Waals surface area contributed by atoms with Crippen LogP contribution in [0.1, 0.15) is 39.5 Å². The number of nitrogens with one attached hydrogen (secondary N) is 1. The molecule has 0 bridgehead atoms. The van der Waals surface area contributed by atoms with Crippen molar-refractivity contribution in [3.63, 3.8) is 0 Å². The predicted molar refractivity (Wildman–Crippen MR) is 62.1 cm³/mol. The standard InChI is InChI=1S/C12H23NO3/c1-9(11(15)16-3)10(2)13-12(8-14)6-4-5-7-12/h9-10,13-14H,4-8H2,1-3H3. The van der Waals surface area contributed by atoms with E-state index in [1.807, 2.05) is 13.8 Å². The molecular formula is C12H23NO3. The van der Waals surface area contributed by atoms with Gasteiger partial charge in [0.2, 0.25) is 0 Å². The third-order valence-corrected chi connectivity index (χ3v) is 3.72. The lowest BCUT2D eigenvalue weighted by atomic mass is 9.94. The van der Waals surface area contributed by atoms with E-state index in [1.54, 1.807) is 0 Å². The van der Waals surface area contributed by atoms with Crippen LogP contribution < -0.4 is 5.32 Å². The van der Waals surface area contributed by atoms with Gasteiger partial charge in [-0.05, 0) is 19.8 Å². The topological polar surface area (TPSA) is 58.6 Å². The zero-order chi connectivity index (χ0) is 12.2. The second-order valence-electron chi connectivity index (χ2n) is 4.89. The molecule has 2 N–H and O–H groups in total. The second-order valence-corrected chi connectivity index (χ2v) is 4.89. The van der Waals surface area contributed by atoms with E-state index in [1.165, 1.54) is 7.11 Å². The molecule has 1 saturated carbocycles. The Morgan fingerprint density at radius 2 is 2.00 bits per heavy atom. The highest BCUT2D eigenvalue weighted by molar-refractivity contribution is 5.72. The molecule has 0 saturated heterocycles. The molecule has 0 aromatic rings. The van der Waals surface area contributed by atoms with Crippen LogP contribution in [0.5, 0.6) is 0 Å². The minimum Gasteiger partial charge on any atom is -0.469 e. The molecule has 2 unspecified atom stereocenters. The van der Waals surface area contributed by atoms with E-state index in [0.29, 0.717) is 0 Å². The summed E-state index contributed by atoms with van der Waals surface area (Å²) in [4.78, 5) is 11.4. The van der Waals surface area contributed by atoms with Gasteiger partial charge in [0, 0.05) is 11.6 Å². The zero-order valence-electron chi connectivity index (χ0n) is 10.5. The van der Waals surface area contributed by atoms with Crippen molar-refractivity contribution in [2.75, 3.05) is 13.7 Å². The number of rotatable bonds is 5. The Bertz CT molecular complexity index is 236. The molecule has 1 aliphatic rings. The number of aliphatic hydroxyl groups excluding tert-OH is 1. The Labute approximate surface area is 97.4 Å². The average Bonchev–Trinajstić information content (AvgIpc) is 2.76. The summed E-state index contributed by atoms with van der Waals surface area (Å²) in [5, 5.41) is 12.9. The van der Waals surface area contributed by atoms with Crippen LogP contribution in [-0.2, 0) is 9.53 Å². The number of carbonyl (C=O) groups excluding carboxylic acids is 1. The summed E-state index contributed by atoms with van der Waals surface area (Å²) in [5.74, 6) is -0.389. The third-order valence-electron chi connectivity index (χ3n) is 3.72. The number of ether oxygens (including phenoxy) is 1. The van der Waals surface area contributed by atoms with Crippen molar-refractivity contribution in [2.45, 2.75) is 51.1 Å². The van der Waals surface area contributed by atoms with E-state index in [-0.39, 0.29) is 30.1 Å². The van der Waals surface area contributed by atoms with Crippen molar-refractivity contribution in [3.05, 3.63) is 0 Å². The first kappa shape index (κ1) is 13.5. The van der Waals surface area contributed by atoms with Crippen LogP contribution >= 0.6 is 0 Å². The summed E-state index contributed by atoms with van der Waals surface area (Å²) >= 11 is 0. The van der Waals surface area contributed by atoms with Crippen LogP contribution in [0.3, 0.4) is 0 Å². The molecule has 1 rings (SSSR count). The maximum Gasteiger partial charge on any atom is 0.309 e. The number of hydrogen-bond acceptors (Lipinski definition) is 4. The molecule has 1 fully saturated rings. The predicted octanol–water partition coefficient (Wildman–Crippen LogP) is 1.08. The van der Waals surface area contributed by atoms with E-state index in [9.17, 15) is 9.90 Å². The van der Waals surface area contributed by atoms with Crippen molar-refractivity contribution in [3.8, 4) is 0 Å². The fraction of sp³-hybridized carbons (Fsp3) is 0.917. The third kappa shape index (κ3) is 2.95. The first-order valence-corrected chi connectivity index (χ1v) is 6.01. The quantitative estimate of drug-likeness (QED) is 0.693. The van der Waals surface area contributed by atoms with Crippen molar-refractivity contribution in [1.82, 2.24) is 5.32 Å². The highest BCUT2D eigenvalue weighted by Crippen LogP contribution is 2.30. The summed E-state index contributed by atoms with van der Waals surface area (Å²) in [6.07, 6.45) is 4.27. The van der Waals surface area contributed by atoms with Gasteiger partial charge in [0.15, 0.2) is 0 Å². The number of carbonyl (C=O) groups is 1. The molecule has 4 heteroatoms. The van der Waals surface area contributed by atoms with Gasteiger partial charge in [-0.25, -0.2) is 0 Å². The second kappa shape index (κ2) is 5.64. The highest BCUT2D eigenvalue weighted by Gasteiger charge is 2.36. The number of hydrogen-bond donors (Lipinski definition) is 2. The summed E-state index contributed by atoms with van der Waals surface area (Å²) in [6.45, 7) is 3.96. The van der Waals surface area contributed by atoms with Crippen LogP contribution in [0.15, 0.2) is 0 Å². The van der Waals surface area contributed by atoms with Crippen molar-refractivity contribution >= 4 is 5.97 Å². The van der Waals surface area contributed by atoms with Crippen LogP contribution in [0, 0.1) is 5.92 Å². The maximum absolute atomic E-state index is 11.4. The van der Waals surface area contributed by atoms with Gasteiger partial charge < -0.3 is 15.2 Å². The maximum atomic E-state index is 11.4. The van der Waals surface area contributed by atoms with Crippen LogP contribution in [-0.4, -0.2) is 36.4 Å². The van der Waals surface area contributed by atoms with Gasteiger partial charge in [-0.3, -0.25) is 4.79 Å². The molecule has 1 aliphatic carbocycles. The van der Waals surface area contributed by atoms with E-state index in [0.717, 1.165) is 25.7 Å². The van der Waals surface area contributed by atoms with E-state index < -0.39 is 0 Å². The molecule has 0 heterocycles. The first-order valence-electron chi connectivity index (χ1n) is 6.01. The first-order chi connectivity index (χ1) is 7.54. The van der Waals surface area contributed by atoms with Crippen LogP contribution in [0.25, 0.3) is 0 Å².